The number of carboxylic acids is 1. The Hall–Kier alpha value is -0.610. The molecule has 1 heterocycles. The van der Waals surface area contributed by atoms with E-state index in [1.165, 1.54) is 19.3 Å². The molecule has 0 saturated carbocycles. The predicted octanol–water partition coefficient (Wildman–Crippen LogP) is 1.05. The van der Waals surface area contributed by atoms with Crippen LogP contribution in [0.1, 0.15) is 39.0 Å². The number of nitrogens with zero attached hydrogens (tertiary/aromatic N) is 1. The Morgan fingerprint density at radius 3 is 2.93 bits per heavy atom. The van der Waals surface area contributed by atoms with E-state index >= 15 is 0 Å². The number of piperidine rings is 1. The van der Waals surface area contributed by atoms with Crippen LogP contribution in [0.25, 0.3) is 0 Å². The summed E-state index contributed by atoms with van der Waals surface area (Å²) in [6.07, 6.45) is 4.83. The maximum Gasteiger partial charge on any atom is 0.304 e. The number of carboxylic acid groups (broad SMARTS) is 1. The lowest BCUT2D eigenvalue weighted by Gasteiger charge is -2.39. The molecule has 2 unspecified atom stereocenters. The van der Waals surface area contributed by atoms with Gasteiger partial charge in [-0.3, -0.25) is 9.69 Å². The smallest absolute Gasteiger partial charge is 0.304 e. The Labute approximate surface area is 91.4 Å². The largest absolute Gasteiger partial charge is 0.481 e. The first-order chi connectivity index (χ1) is 7.15. The summed E-state index contributed by atoms with van der Waals surface area (Å²) in [6.45, 7) is 3.73. The molecule has 3 N–H and O–H groups in total. The summed E-state index contributed by atoms with van der Waals surface area (Å²) < 4.78 is 0. The van der Waals surface area contributed by atoms with Crippen LogP contribution < -0.4 is 5.73 Å². The Bertz CT molecular complexity index is 207. The Morgan fingerprint density at radius 1 is 1.60 bits per heavy atom. The average Bonchev–Trinajstić information content (AvgIpc) is 2.18. The molecule has 2 atom stereocenters. The molecule has 0 bridgehead atoms. The Balaban J connectivity index is 2.50. The highest BCUT2D eigenvalue weighted by Crippen LogP contribution is 2.22. The van der Waals surface area contributed by atoms with Gasteiger partial charge in [-0.1, -0.05) is 6.42 Å². The first kappa shape index (κ1) is 12.5. The monoisotopic (exact) mass is 214 g/mol. The molecule has 1 aliphatic heterocycles. The zero-order valence-electron chi connectivity index (χ0n) is 9.48. The maximum atomic E-state index is 10.7. The number of aliphatic carboxylic acids is 1. The van der Waals surface area contributed by atoms with Gasteiger partial charge in [-0.05, 0) is 39.3 Å². The van der Waals surface area contributed by atoms with Crippen LogP contribution in [-0.2, 0) is 4.79 Å². The number of carbonyl (C=O) groups is 1. The van der Waals surface area contributed by atoms with E-state index in [2.05, 4.69) is 4.90 Å². The average molecular weight is 214 g/mol. The van der Waals surface area contributed by atoms with Gasteiger partial charge in [0.05, 0.1) is 6.42 Å². The molecular formula is C11H22N2O2. The highest BCUT2D eigenvalue weighted by atomic mass is 16.4. The van der Waals surface area contributed by atoms with E-state index in [4.69, 9.17) is 10.8 Å². The quantitative estimate of drug-likeness (QED) is 0.718. The molecule has 0 aromatic carbocycles. The van der Waals surface area contributed by atoms with Crippen LogP contribution in [0.5, 0.6) is 0 Å². The summed E-state index contributed by atoms with van der Waals surface area (Å²) in [5.41, 5.74) is 5.58. The van der Waals surface area contributed by atoms with Gasteiger partial charge in [-0.25, -0.2) is 0 Å². The standard InChI is InChI=1S/C11H22N2O2/c1-9(8-11(14)15)13-7-3-2-4-10(13)5-6-12/h9-10H,2-8,12H2,1H3,(H,14,15). The minimum Gasteiger partial charge on any atom is -0.481 e. The molecule has 1 rings (SSSR count). The second-order valence-electron chi connectivity index (χ2n) is 4.41. The molecule has 4 heteroatoms. The van der Waals surface area contributed by atoms with Crippen molar-refractivity contribution in [3.63, 3.8) is 0 Å². The van der Waals surface area contributed by atoms with Gasteiger partial charge in [0.1, 0.15) is 0 Å². The Morgan fingerprint density at radius 2 is 2.33 bits per heavy atom. The fourth-order valence-electron chi connectivity index (χ4n) is 2.48. The molecule has 0 amide bonds. The second kappa shape index (κ2) is 6.08. The number of hydrogen-bond acceptors (Lipinski definition) is 3. The van der Waals surface area contributed by atoms with E-state index in [0.717, 1.165) is 13.0 Å². The molecule has 0 aliphatic carbocycles. The molecule has 4 nitrogen and oxygen atoms in total. The van der Waals surface area contributed by atoms with Crippen LogP contribution in [0.15, 0.2) is 0 Å². The fourth-order valence-corrected chi connectivity index (χ4v) is 2.48. The molecule has 88 valence electrons. The van der Waals surface area contributed by atoms with Gasteiger partial charge in [0, 0.05) is 12.1 Å². The van der Waals surface area contributed by atoms with Crippen molar-refractivity contribution in [1.29, 1.82) is 0 Å². The van der Waals surface area contributed by atoms with Gasteiger partial charge in [0.2, 0.25) is 0 Å². The summed E-state index contributed by atoms with van der Waals surface area (Å²) in [4.78, 5) is 13.0. The minimum absolute atomic E-state index is 0.138. The molecule has 0 aromatic heterocycles. The molecule has 0 radical (unpaired) electrons. The predicted molar refractivity (Wildman–Crippen MR) is 59.7 cm³/mol. The fraction of sp³-hybridized carbons (Fsp3) is 0.909. The summed E-state index contributed by atoms with van der Waals surface area (Å²) in [5.74, 6) is -0.709. The van der Waals surface area contributed by atoms with Crippen LogP contribution in [0.4, 0.5) is 0 Å². The molecular weight excluding hydrogens is 192 g/mol. The second-order valence-corrected chi connectivity index (χ2v) is 4.41. The third-order valence-electron chi connectivity index (χ3n) is 3.21. The first-order valence-electron chi connectivity index (χ1n) is 5.82. The molecule has 15 heavy (non-hydrogen) atoms. The normalized spacial score (nSPS) is 25.1. The summed E-state index contributed by atoms with van der Waals surface area (Å²) in [5, 5.41) is 8.78. The van der Waals surface area contributed by atoms with E-state index in [9.17, 15) is 4.79 Å². The number of likely N-dealkylation sites (tertiary alicyclic amines) is 1. The van der Waals surface area contributed by atoms with E-state index < -0.39 is 5.97 Å². The molecule has 1 aliphatic rings. The lowest BCUT2D eigenvalue weighted by atomic mass is 9.97. The van der Waals surface area contributed by atoms with Crippen molar-refractivity contribution in [3.8, 4) is 0 Å². The summed E-state index contributed by atoms with van der Waals surface area (Å²) >= 11 is 0. The van der Waals surface area contributed by atoms with Gasteiger partial charge < -0.3 is 10.8 Å². The zero-order valence-corrected chi connectivity index (χ0v) is 9.48. The lowest BCUT2D eigenvalue weighted by molar-refractivity contribution is -0.138. The van der Waals surface area contributed by atoms with Gasteiger partial charge in [-0.15, -0.1) is 0 Å². The van der Waals surface area contributed by atoms with Crippen molar-refractivity contribution in [1.82, 2.24) is 4.90 Å². The Kier molecular flexibility index (Phi) is 5.05. The van der Waals surface area contributed by atoms with Crippen molar-refractivity contribution in [3.05, 3.63) is 0 Å². The van der Waals surface area contributed by atoms with Gasteiger partial charge in [0.15, 0.2) is 0 Å². The minimum atomic E-state index is -0.709. The van der Waals surface area contributed by atoms with Crippen molar-refractivity contribution in [2.75, 3.05) is 13.1 Å². The number of nitrogens with two attached hydrogens (primary N) is 1. The van der Waals surface area contributed by atoms with Crippen LogP contribution in [0.2, 0.25) is 0 Å². The summed E-state index contributed by atoms with van der Waals surface area (Å²) in [7, 11) is 0. The number of hydrogen-bond donors (Lipinski definition) is 2. The van der Waals surface area contributed by atoms with Crippen LogP contribution >= 0.6 is 0 Å². The molecule has 1 saturated heterocycles. The van der Waals surface area contributed by atoms with Crippen molar-refractivity contribution < 1.29 is 9.90 Å². The highest BCUT2D eigenvalue weighted by Gasteiger charge is 2.26. The SMILES string of the molecule is CC(CC(=O)O)N1CCCCC1CCN. The van der Waals surface area contributed by atoms with Gasteiger partial charge in [-0.2, -0.15) is 0 Å². The van der Waals surface area contributed by atoms with E-state index in [0.29, 0.717) is 12.6 Å². The van der Waals surface area contributed by atoms with Gasteiger partial charge in [0.25, 0.3) is 0 Å². The highest BCUT2D eigenvalue weighted by molar-refractivity contribution is 5.67. The third-order valence-corrected chi connectivity index (χ3v) is 3.21. The van der Waals surface area contributed by atoms with Gasteiger partial charge >= 0.3 is 5.97 Å². The van der Waals surface area contributed by atoms with E-state index in [1.54, 1.807) is 0 Å². The van der Waals surface area contributed by atoms with Crippen molar-refractivity contribution in [2.24, 2.45) is 5.73 Å². The lowest BCUT2D eigenvalue weighted by Crippen LogP contribution is -2.46. The van der Waals surface area contributed by atoms with Crippen molar-refractivity contribution >= 4 is 5.97 Å². The molecule has 0 spiro atoms. The third kappa shape index (κ3) is 3.80. The van der Waals surface area contributed by atoms with E-state index in [1.807, 2.05) is 6.92 Å². The summed E-state index contributed by atoms with van der Waals surface area (Å²) in [6, 6.07) is 0.637. The number of rotatable bonds is 5. The van der Waals surface area contributed by atoms with Crippen LogP contribution in [-0.4, -0.2) is 41.1 Å². The van der Waals surface area contributed by atoms with Crippen molar-refractivity contribution in [2.45, 2.75) is 51.1 Å². The van der Waals surface area contributed by atoms with Crippen LogP contribution in [0, 0.1) is 0 Å². The van der Waals surface area contributed by atoms with Crippen LogP contribution in [0.3, 0.4) is 0 Å². The zero-order chi connectivity index (χ0) is 11.3. The van der Waals surface area contributed by atoms with E-state index in [-0.39, 0.29) is 12.5 Å². The maximum absolute atomic E-state index is 10.7. The first-order valence-corrected chi connectivity index (χ1v) is 5.82. The topological polar surface area (TPSA) is 66.6 Å². The molecule has 1 fully saturated rings. The molecule has 0 aromatic rings.